The van der Waals surface area contributed by atoms with Crippen molar-refractivity contribution >= 4 is 5.91 Å². The number of carbonyl (C=O) groups excluding carboxylic acids is 1. The van der Waals surface area contributed by atoms with E-state index in [9.17, 15) is 4.79 Å². The summed E-state index contributed by atoms with van der Waals surface area (Å²) in [5, 5.41) is 2.81. The quantitative estimate of drug-likeness (QED) is 0.761. The predicted molar refractivity (Wildman–Crippen MR) is 72.1 cm³/mol. The Kier molecular flexibility index (Phi) is 6.39. The van der Waals surface area contributed by atoms with Gasteiger partial charge in [0, 0.05) is 20.2 Å². The Hall–Kier alpha value is -1.39. The molecular formula is C14H22N2O2. The van der Waals surface area contributed by atoms with E-state index in [0.717, 1.165) is 11.1 Å². The van der Waals surface area contributed by atoms with Gasteiger partial charge in [-0.05, 0) is 24.5 Å². The largest absolute Gasteiger partial charge is 0.380 e. The molecular weight excluding hydrogens is 228 g/mol. The molecule has 0 spiro atoms. The molecule has 1 atom stereocenters. The highest BCUT2D eigenvalue weighted by molar-refractivity contribution is 5.79. The summed E-state index contributed by atoms with van der Waals surface area (Å²) in [6.07, 6.45) is 0.676. The summed E-state index contributed by atoms with van der Waals surface area (Å²) >= 11 is 0. The number of nitrogens with one attached hydrogen (secondary N) is 1. The molecule has 1 amide bonds. The fourth-order valence-electron chi connectivity index (χ4n) is 1.82. The van der Waals surface area contributed by atoms with Crippen LogP contribution < -0.4 is 11.1 Å². The van der Waals surface area contributed by atoms with Crippen molar-refractivity contribution in [3.8, 4) is 0 Å². The van der Waals surface area contributed by atoms with Crippen LogP contribution >= 0.6 is 0 Å². The number of amides is 1. The smallest absolute Gasteiger partial charge is 0.224 e. The van der Waals surface area contributed by atoms with Crippen molar-refractivity contribution in [1.82, 2.24) is 5.32 Å². The molecule has 4 nitrogen and oxygen atoms in total. The highest BCUT2D eigenvalue weighted by Crippen LogP contribution is 2.11. The van der Waals surface area contributed by atoms with Crippen molar-refractivity contribution in [3.05, 3.63) is 35.4 Å². The van der Waals surface area contributed by atoms with E-state index >= 15 is 0 Å². The number of hydrogen-bond donors (Lipinski definition) is 2. The van der Waals surface area contributed by atoms with Gasteiger partial charge in [0.25, 0.3) is 0 Å². The highest BCUT2D eigenvalue weighted by atomic mass is 16.5. The van der Waals surface area contributed by atoms with Gasteiger partial charge in [0.2, 0.25) is 5.91 Å². The molecule has 1 aromatic rings. The number of rotatable bonds is 7. The lowest BCUT2D eigenvalue weighted by Crippen LogP contribution is -2.36. The Morgan fingerprint density at radius 3 is 2.44 bits per heavy atom. The van der Waals surface area contributed by atoms with Crippen molar-refractivity contribution in [1.29, 1.82) is 0 Å². The molecule has 0 aliphatic rings. The Bertz CT molecular complexity index is 363. The molecule has 18 heavy (non-hydrogen) atoms. The molecule has 0 aliphatic carbocycles. The van der Waals surface area contributed by atoms with Crippen LogP contribution in [-0.2, 0) is 22.6 Å². The van der Waals surface area contributed by atoms with Crippen LogP contribution in [0.2, 0.25) is 0 Å². The monoisotopic (exact) mass is 250 g/mol. The van der Waals surface area contributed by atoms with Crippen LogP contribution in [0, 0.1) is 5.92 Å². The topological polar surface area (TPSA) is 64.4 Å². The minimum absolute atomic E-state index is 0.0287. The van der Waals surface area contributed by atoms with E-state index in [1.807, 2.05) is 31.2 Å². The van der Waals surface area contributed by atoms with Crippen molar-refractivity contribution in [2.45, 2.75) is 20.0 Å². The van der Waals surface area contributed by atoms with E-state index in [1.165, 1.54) is 0 Å². The lowest BCUT2D eigenvalue weighted by Gasteiger charge is -2.14. The van der Waals surface area contributed by atoms with Gasteiger partial charge in [-0.2, -0.15) is 0 Å². The van der Waals surface area contributed by atoms with Gasteiger partial charge in [-0.25, -0.2) is 0 Å². The molecule has 0 aliphatic heterocycles. The van der Waals surface area contributed by atoms with Crippen molar-refractivity contribution in [2.24, 2.45) is 11.7 Å². The zero-order valence-electron chi connectivity index (χ0n) is 11.1. The Morgan fingerprint density at radius 1 is 1.33 bits per heavy atom. The summed E-state index contributed by atoms with van der Waals surface area (Å²) in [5.74, 6) is -0.126. The Labute approximate surface area is 109 Å². The molecule has 0 fully saturated rings. The van der Waals surface area contributed by atoms with Gasteiger partial charge in [0.1, 0.15) is 0 Å². The lowest BCUT2D eigenvalue weighted by atomic mass is 9.98. The highest BCUT2D eigenvalue weighted by Gasteiger charge is 2.16. The second-order valence-corrected chi connectivity index (χ2v) is 4.28. The first-order valence-corrected chi connectivity index (χ1v) is 6.25. The van der Waals surface area contributed by atoms with Crippen LogP contribution in [0.4, 0.5) is 0 Å². The third kappa shape index (κ3) is 4.47. The zero-order chi connectivity index (χ0) is 13.4. The predicted octanol–water partition coefficient (Wildman–Crippen LogP) is 1.09. The molecule has 0 heterocycles. The van der Waals surface area contributed by atoms with Gasteiger partial charge in [0.15, 0.2) is 0 Å². The average molecular weight is 250 g/mol. The third-order valence-electron chi connectivity index (χ3n) is 2.82. The summed E-state index contributed by atoms with van der Waals surface area (Å²) in [6, 6.07) is 8.08. The molecule has 1 rings (SSSR count). The fraction of sp³-hybridized carbons (Fsp3) is 0.500. The summed E-state index contributed by atoms with van der Waals surface area (Å²) in [4.78, 5) is 11.7. The molecule has 0 bridgehead atoms. The molecule has 4 heteroatoms. The first kappa shape index (κ1) is 14.7. The maximum atomic E-state index is 11.7. The Balaban J connectivity index is 2.61. The number of hydrogen-bond acceptors (Lipinski definition) is 3. The van der Waals surface area contributed by atoms with Gasteiger partial charge in [-0.1, -0.05) is 24.3 Å². The molecule has 1 aromatic carbocycles. The van der Waals surface area contributed by atoms with Crippen LogP contribution in [0.1, 0.15) is 18.1 Å². The van der Waals surface area contributed by atoms with Crippen LogP contribution in [0.5, 0.6) is 0 Å². The maximum Gasteiger partial charge on any atom is 0.224 e. The van der Waals surface area contributed by atoms with Gasteiger partial charge >= 0.3 is 0 Å². The summed E-state index contributed by atoms with van der Waals surface area (Å²) in [6.45, 7) is 3.52. The SMILES string of the molecule is CCNC(=O)C(CN)Cc1ccc(COC)cc1. The molecule has 0 radical (unpaired) electrons. The van der Waals surface area contributed by atoms with Gasteiger partial charge in [0.05, 0.1) is 12.5 Å². The van der Waals surface area contributed by atoms with Crippen molar-refractivity contribution < 1.29 is 9.53 Å². The first-order valence-electron chi connectivity index (χ1n) is 6.25. The van der Waals surface area contributed by atoms with E-state index in [-0.39, 0.29) is 11.8 Å². The van der Waals surface area contributed by atoms with Crippen LogP contribution in [0.3, 0.4) is 0 Å². The van der Waals surface area contributed by atoms with E-state index in [4.69, 9.17) is 10.5 Å². The molecule has 1 unspecified atom stereocenters. The van der Waals surface area contributed by atoms with E-state index in [0.29, 0.717) is 26.1 Å². The summed E-state index contributed by atoms with van der Waals surface area (Å²) in [7, 11) is 1.67. The second-order valence-electron chi connectivity index (χ2n) is 4.28. The zero-order valence-corrected chi connectivity index (χ0v) is 11.1. The molecule has 0 saturated carbocycles. The molecule has 3 N–H and O–H groups in total. The third-order valence-corrected chi connectivity index (χ3v) is 2.82. The number of methoxy groups -OCH3 is 1. The van der Waals surface area contributed by atoms with Crippen LogP contribution in [0.25, 0.3) is 0 Å². The van der Waals surface area contributed by atoms with Crippen LogP contribution in [-0.4, -0.2) is 26.1 Å². The number of carbonyl (C=O) groups is 1. The first-order chi connectivity index (χ1) is 8.71. The minimum atomic E-state index is -0.154. The lowest BCUT2D eigenvalue weighted by molar-refractivity contribution is -0.124. The fourth-order valence-corrected chi connectivity index (χ4v) is 1.82. The van der Waals surface area contributed by atoms with E-state index in [2.05, 4.69) is 5.32 Å². The van der Waals surface area contributed by atoms with E-state index in [1.54, 1.807) is 7.11 Å². The normalized spacial score (nSPS) is 12.2. The molecule has 100 valence electrons. The summed E-state index contributed by atoms with van der Waals surface area (Å²) in [5.41, 5.74) is 7.90. The standard InChI is InChI=1S/C14H22N2O2/c1-3-16-14(17)13(9-15)8-11-4-6-12(7-5-11)10-18-2/h4-7,13H,3,8-10,15H2,1-2H3,(H,16,17). The number of nitrogens with two attached hydrogens (primary N) is 1. The minimum Gasteiger partial charge on any atom is -0.380 e. The average Bonchev–Trinajstić information content (AvgIpc) is 2.38. The van der Waals surface area contributed by atoms with Crippen molar-refractivity contribution in [3.63, 3.8) is 0 Å². The summed E-state index contributed by atoms with van der Waals surface area (Å²) < 4.78 is 5.06. The van der Waals surface area contributed by atoms with Gasteiger partial charge < -0.3 is 15.8 Å². The van der Waals surface area contributed by atoms with Crippen LogP contribution in [0.15, 0.2) is 24.3 Å². The second kappa shape index (κ2) is 7.84. The molecule has 0 aromatic heterocycles. The van der Waals surface area contributed by atoms with Crippen molar-refractivity contribution in [2.75, 3.05) is 20.2 Å². The number of ether oxygens (including phenoxy) is 1. The van der Waals surface area contributed by atoms with E-state index < -0.39 is 0 Å². The van der Waals surface area contributed by atoms with Gasteiger partial charge in [-0.3, -0.25) is 4.79 Å². The van der Waals surface area contributed by atoms with Gasteiger partial charge in [-0.15, -0.1) is 0 Å². The Morgan fingerprint density at radius 2 is 1.94 bits per heavy atom. The number of benzene rings is 1. The molecule has 0 saturated heterocycles. The maximum absolute atomic E-state index is 11.7.